The fraction of sp³-hybridized carbons (Fsp3) is 0.825. The number of ether oxygens (including phenoxy) is 2. The Kier molecular flexibility index (Phi) is 68.8. The zero-order valence-corrected chi connectivity index (χ0v) is 61.0. The molecule has 10 heteroatoms. The smallest absolute Gasteiger partial charge is 0.306 e. The van der Waals surface area contributed by atoms with E-state index in [9.17, 15) is 19.0 Å². The van der Waals surface area contributed by atoms with E-state index < -0.39 is 26.5 Å². The number of carbonyl (C=O) groups excluding carboxylic acids is 2. The molecule has 9 nitrogen and oxygen atoms in total. The highest BCUT2D eigenvalue weighted by molar-refractivity contribution is 7.45. The van der Waals surface area contributed by atoms with Crippen LogP contribution in [0.4, 0.5) is 0 Å². The Balaban J connectivity index is 3.92. The molecule has 0 N–H and O–H groups in total. The van der Waals surface area contributed by atoms with E-state index in [0.29, 0.717) is 17.4 Å². The van der Waals surface area contributed by atoms with E-state index in [2.05, 4.69) is 86.8 Å². The maximum Gasteiger partial charge on any atom is 0.306 e. The van der Waals surface area contributed by atoms with Crippen LogP contribution in [0.3, 0.4) is 0 Å². The second kappa shape index (κ2) is 70.8. The van der Waals surface area contributed by atoms with Crippen molar-refractivity contribution >= 4 is 19.8 Å². The lowest BCUT2D eigenvalue weighted by Gasteiger charge is -2.28. The Labute approximate surface area is 559 Å². The van der Waals surface area contributed by atoms with Crippen LogP contribution in [0, 0.1) is 0 Å². The summed E-state index contributed by atoms with van der Waals surface area (Å²) in [4.78, 5) is 38.1. The normalized spacial score (nSPS) is 13.4. The lowest BCUT2D eigenvalue weighted by molar-refractivity contribution is -0.870. The predicted molar refractivity (Wildman–Crippen MR) is 388 cm³/mol. The standard InChI is InChI=1S/C80H148NO8P/c1-6-8-10-12-14-16-18-20-22-24-26-28-30-32-34-35-36-37-38-39-40-41-42-43-44-45-47-48-50-52-54-56-58-60-62-64-66-68-70-72-79(82)86-76-78(77-88-90(84,85)87-75-74-81(3,4)5)89-80(83)73-71-69-67-65-63-61-59-57-55-53-51-49-46-33-31-29-27-25-23-21-19-17-15-13-11-9-7-2/h9,11,15,17,21,23-24,26-27,29,33,46,78H,6-8,10,12-14,16,18-20,22,25,28,30-32,34-45,47-77H2,1-5H3/b11-9-,17-15-,23-21-,26-24-,29-27-,46-33-. The van der Waals surface area contributed by atoms with Crippen molar-refractivity contribution in [3.8, 4) is 0 Å². The molecule has 0 amide bonds. The first-order valence-corrected chi connectivity index (χ1v) is 40.1. The Hall–Kier alpha value is -2.55. The molecule has 0 fully saturated rings. The topological polar surface area (TPSA) is 111 Å². The second-order valence-electron chi connectivity index (χ2n) is 27.3. The number of nitrogens with zero attached hydrogens (tertiary/aromatic N) is 1. The highest BCUT2D eigenvalue weighted by Crippen LogP contribution is 2.38. The van der Waals surface area contributed by atoms with E-state index in [1.807, 2.05) is 21.1 Å². The molecule has 0 aliphatic carbocycles. The largest absolute Gasteiger partial charge is 0.756 e. The van der Waals surface area contributed by atoms with Crippen LogP contribution in [0.2, 0.25) is 0 Å². The molecular formula is C80H148NO8P. The molecule has 0 aromatic rings. The Bertz CT molecular complexity index is 1750. The van der Waals surface area contributed by atoms with Crippen molar-refractivity contribution in [2.24, 2.45) is 0 Å². The maximum absolute atomic E-state index is 12.9. The SMILES string of the molecule is CC/C=C\C/C=C\C/C=C\C/C=C\C/C=C\CCCCCCCCCCCCCC(=O)OC(COC(=O)CCCCCCCCCCCCCCCCCCCCCCCCCCCCC/C=C\CCCCCCCCCC)COP(=O)([O-])OCC[N+](C)(C)C. The van der Waals surface area contributed by atoms with Gasteiger partial charge in [-0.3, -0.25) is 14.2 Å². The van der Waals surface area contributed by atoms with Gasteiger partial charge in [0, 0.05) is 12.8 Å². The van der Waals surface area contributed by atoms with Crippen molar-refractivity contribution in [2.75, 3.05) is 47.5 Å². The van der Waals surface area contributed by atoms with E-state index in [1.54, 1.807) is 0 Å². The molecular weight excluding hydrogens is 1130 g/mol. The molecule has 0 bridgehead atoms. The van der Waals surface area contributed by atoms with Gasteiger partial charge < -0.3 is 27.9 Å². The molecule has 0 saturated carbocycles. The van der Waals surface area contributed by atoms with Crippen LogP contribution >= 0.6 is 7.82 Å². The zero-order chi connectivity index (χ0) is 65.5. The van der Waals surface area contributed by atoms with Crippen LogP contribution < -0.4 is 4.89 Å². The van der Waals surface area contributed by atoms with Gasteiger partial charge in [0.15, 0.2) is 6.10 Å². The minimum absolute atomic E-state index is 0.0319. The quantitative estimate of drug-likeness (QED) is 0.0195. The molecule has 0 aromatic heterocycles. The Morgan fingerprint density at radius 2 is 0.633 bits per heavy atom. The number of likely N-dealkylation sites (N-methyl/N-ethyl adjacent to an activating group) is 1. The third kappa shape index (κ3) is 74.5. The molecule has 2 atom stereocenters. The van der Waals surface area contributed by atoms with Gasteiger partial charge in [0.05, 0.1) is 27.7 Å². The second-order valence-corrected chi connectivity index (χ2v) is 28.8. The first-order chi connectivity index (χ1) is 44.0. The number of unbranched alkanes of at least 4 members (excludes halogenated alkanes) is 46. The van der Waals surface area contributed by atoms with Crippen LogP contribution in [0.15, 0.2) is 72.9 Å². The number of carbonyl (C=O) groups is 2. The number of allylic oxidation sites excluding steroid dienone is 12. The van der Waals surface area contributed by atoms with Crippen molar-refractivity contribution in [3.63, 3.8) is 0 Å². The minimum Gasteiger partial charge on any atom is -0.756 e. The summed E-state index contributed by atoms with van der Waals surface area (Å²) in [6.07, 6.45) is 95.9. The zero-order valence-electron chi connectivity index (χ0n) is 60.1. The monoisotopic (exact) mass is 1280 g/mol. The molecule has 0 spiro atoms. The lowest BCUT2D eigenvalue weighted by Crippen LogP contribution is -2.37. The molecule has 90 heavy (non-hydrogen) atoms. The van der Waals surface area contributed by atoms with Crippen molar-refractivity contribution in [1.82, 2.24) is 0 Å². The van der Waals surface area contributed by atoms with Gasteiger partial charge in [-0.25, -0.2) is 0 Å². The number of esters is 2. The third-order valence-electron chi connectivity index (χ3n) is 17.2. The van der Waals surface area contributed by atoms with Gasteiger partial charge in [0.25, 0.3) is 7.82 Å². The van der Waals surface area contributed by atoms with Crippen LogP contribution in [0.1, 0.15) is 373 Å². The summed E-state index contributed by atoms with van der Waals surface area (Å²) in [7, 11) is 1.17. The van der Waals surface area contributed by atoms with Crippen LogP contribution in [0.5, 0.6) is 0 Å². The number of rotatable bonds is 72. The molecule has 0 aromatic carbocycles. The van der Waals surface area contributed by atoms with Crippen molar-refractivity contribution in [3.05, 3.63) is 72.9 Å². The van der Waals surface area contributed by atoms with Crippen molar-refractivity contribution in [1.29, 1.82) is 0 Å². The maximum atomic E-state index is 12.9. The number of phosphoric ester groups is 1. The molecule has 0 aliphatic heterocycles. The van der Waals surface area contributed by atoms with Crippen molar-refractivity contribution < 1.29 is 42.1 Å². The molecule has 0 radical (unpaired) electrons. The van der Waals surface area contributed by atoms with E-state index in [-0.39, 0.29) is 32.0 Å². The van der Waals surface area contributed by atoms with Crippen molar-refractivity contribution in [2.45, 2.75) is 380 Å². The average Bonchev–Trinajstić information content (AvgIpc) is 3.61. The molecule has 2 unspecified atom stereocenters. The molecule has 0 aliphatic rings. The van der Waals surface area contributed by atoms with Gasteiger partial charge in [0.1, 0.15) is 19.8 Å². The molecule has 0 rings (SSSR count). The van der Waals surface area contributed by atoms with E-state index >= 15 is 0 Å². The van der Waals surface area contributed by atoms with E-state index in [4.69, 9.17) is 18.5 Å². The highest BCUT2D eigenvalue weighted by Gasteiger charge is 2.22. The summed E-state index contributed by atoms with van der Waals surface area (Å²) in [6, 6.07) is 0. The summed E-state index contributed by atoms with van der Waals surface area (Å²) in [5.41, 5.74) is 0. The highest BCUT2D eigenvalue weighted by atomic mass is 31.2. The van der Waals surface area contributed by atoms with Gasteiger partial charge in [-0.2, -0.15) is 0 Å². The summed E-state index contributed by atoms with van der Waals surface area (Å²) < 4.78 is 34.4. The number of phosphoric acid groups is 1. The number of hydrogen-bond acceptors (Lipinski definition) is 8. The summed E-state index contributed by atoms with van der Waals surface area (Å²) in [5, 5.41) is 0. The fourth-order valence-corrected chi connectivity index (χ4v) is 12.1. The van der Waals surface area contributed by atoms with Gasteiger partial charge in [-0.1, -0.05) is 350 Å². The first-order valence-electron chi connectivity index (χ1n) is 38.6. The van der Waals surface area contributed by atoms with Crippen LogP contribution in [-0.4, -0.2) is 70.0 Å². The Morgan fingerprint density at radius 3 is 0.956 bits per heavy atom. The molecule has 526 valence electrons. The van der Waals surface area contributed by atoms with E-state index in [0.717, 1.165) is 77.0 Å². The molecule has 0 heterocycles. The Morgan fingerprint density at radius 1 is 0.356 bits per heavy atom. The van der Waals surface area contributed by atoms with Gasteiger partial charge in [-0.15, -0.1) is 0 Å². The van der Waals surface area contributed by atoms with Gasteiger partial charge in [-0.05, 0) is 83.5 Å². The van der Waals surface area contributed by atoms with Crippen LogP contribution in [0.25, 0.3) is 0 Å². The van der Waals surface area contributed by atoms with Gasteiger partial charge >= 0.3 is 11.9 Å². The molecule has 0 saturated heterocycles. The fourth-order valence-electron chi connectivity index (χ4n) is 11.3. The van der Waals surface area contributed by atoms with Crippen LogP contribution in [-0.2, 0) is 32.7 Å². The third-order valence-corrected chi connectivity index (χ3v) is 18.2. The van der Waals surface area contributed by atoms with E-state index in [1.165, 1.54) is 263 Å². The van der Waals surface area contributed by atoms with Gasteiger partial charge in [0.2, 0.25) is 0 Å². The number of hydrogen-bond donors (Lipinski definition) is 0. The summed E-state index contributed by atoms with van der Waals surface area (Å²) in [6.45, 7) is 4.17. The summed E-state index contributed by atoms with van der Waals surface area (Å²) >= 11 is 0. The lowest BCUT2D eigenvalue weighted by atomic mass is 10.0. The first kappa shape index (κ1) is 87.5. The summed E-state index contributed by atoms with van der Waals surface area (Å²) in [5.74, 6) is -0.822. The minimum atomic E-state index is -4.65. The average molecular weight is 1280 g/mol. The number of quaternary nitrogens is 1. The predicted octanol–water partition coefficient (Wildman–Crippen LogP) is 24.9.